The summed E-state index contributed by atoms with van der Waals surface area (Å²) < 4.78 is 14.2. The lowest BCUT2D eigenvalue weighted by Gasteiger charge is -2.20. The SMILES string of the molecule is CCC(Nc1ccc(F)cc1C)c1cccc(Br)c1. The van der Waals surface area contributed by atoms with Crippen LogP contribution in [0.15, 0.2) is 46.9 Å². The fraction of sp³-hybridized carbons (Fsp3) is 0.250. The van der Waals surface area contributed by atoms with Crippen LogP contribution in [0.2, 0.25) is 0 Å². The van der Waals surface area contributed by atoms with Crippen LogP contribution >= 0.6 is 15.9 Å². The van der Waals surface area contributed by atoms with Crippen molar-refractivity contribution in [3.05, 3.63) is 63.9 Å². The minimum absolute atomic E-state index is 0.196. The minimum atomic E-state index is -0.196. The number of hydrogen-bond acceptors (Lipinski definition) is 1. The van der Waals surface area contributed by atoms with Gasteiger partial charge in [0.2, 0.25) is 0 Å². The van der Waals surface area contributed by atoms with Crippen LogP contribution in [-0.2, 0) is 0 Å². The number of aryl methyl sites for hydroxylation is 1. The van der Waals surface area contributed by atoms with Crippen molar-refractivity contribution < 1.29 is 4.39 Å². The van der Waals surface area contributed by atoms with Gasteiger partial charge in [0.15, 0.2) is 0 Å². The smallest absolute Gasteiger partial charge is 0.123 e. The molecule has 0 aromatic heterocycles. The van der Waals surface area contributed by atoms with Gasteiger partial charge in [0.25, 0.3) is 0 Å². The number of nitrogens with one attached hydrogen (secondary N) is 1. The summed E-state index contributed by atoms with van der Waals surface area (Å²) in [5.74, 6) is -0.196. The van der Waals surface area contributed by atoms with Crippen molar-refractivity contribution in [3.63, 3.8) is 0 Å². The van der Waals surface area contributed by atoms with Crippen molar-refractivity contribution in [2.75, 3.05) is 5.32 Å². The second-order valence-corrected chi connectivity index (χ2v) is 5.54. The minimum Gasteiger partial charge on any atom is -0.378 e. The number of benzene rings is 2. The van der Waals surface area contributed by atoms with E-state index in [1.54, 1.807) is 12.1 Å². The van der Waals surface area contributed by atoms with E-state index in [9.17, 15) is 4.39 Å². The highest BCUT2D eigenvalue weighted by atomic mass is 79.9. The standard InChI is InChI=1S/C16H17BrFN/c1-3-15(12-5-4-6-13(17)10-12)19-16-8-7-14(18)9-11(16)2/h4-10,15,19H,3H2,1-2H3. The molecule has 3 heteroatoms. The highest BCUT2D eigenvalue weighted by molar-refractivity contribution is 9.10. The summed E-state index contributed by atoms with van der Waals surface area (Å²) in [5.41, 5.74) is 3.13. The topological polar surface area (TPSA) is 12.0 Å². The molecule has 100 valence electrons. The second-order valence-electron chi connectivity index (χ2n) is 4.62. The fourth-order valence-corrected chi connectivity index (χ4v) is 2.54. The third-order valence-electron chi connectivity index (χ3n) is 3.18. The summed E-state index contributed by atoms with van der Waals surface area (Å²) >= 11 is 3.49. The zero-order valence-corrected chi connectivity index (χ0v) is 12.7. The Balaban J connectivity index is 2.24. The maximum absolute atomic E-state index is 13.1. The van der Waals surface area contributed by atoms with Gasteiger partial charge in [-0.2, -0.15) is 0 Å². The van der Waals surface area contributed by atoms with Gasteiger partial charge >= 0.3 is 0 Å². The molecule has 0 radical (unpaired) electrons. The molecular weight excluding hydrogens is 305 g/mol. The van der Waals surface area contributed by atoms with E-state index < -0.39 is 0 Å². The summed E-state index contributed by atoms with van der Waals surface area (Å²) in [5, 5.41) is 3.48. The van der Waals surface area contributed by atoms with E-state index in [4.69, 9.17) is 0 Å². The molecule has 2 aromatic carbocycles. The molecule has 0 heterocycles. The highest BCUT2D eigenvalue weighted by Crippen LogP contribution is 2.26. The molecule has 0 aliphatic rings. The van der Waals surface area contributed by atoms with Crippen molar-refractivity contribution in [1.82, 2.24) is 0 Å². The van der Waals surface area contributed by atoms with Crippen molar-refractivity contribution in [1.29, 1.82) is 0 Å². The van der Waals surface area contributed by atoms with Crippen LogP contribution in [0, 0.1) is 12.7 Å². The van der Waals surface area contributed by atoms with E-state index in [1.165, 1.54) is 11.6 Å². The first-order valence-corrected chi connectivity index (χ1v) is 7.17. The Hall–Kier alpha value is -1.35. The van der Waals surface area contributed by atoms with E-state index in [1.807, 2.05) is 19.1 Å². The Labute approximate surface area is 122 Å². The number of halogens is 2. The second kappa shape index (κ2) is 6.20. The van der Waals surface area contributed by atoms with E-state index in [2.05, 4.69) is 40.3 Å². The largest absolute Gasteiger partial charge is 0.378 e. The molecule has 0 spiro atoms. The average Bonchev–Trinajstić information content (AvgIpc) is 2.38. The van der Waals surface area contributed by atoms with Gasteiger partial charge in [0, 0.05) is 10.2 Å². The first kappa shape index (κ1) is 14.1. The Morgan fingerprint density at radius 3 is 2.63 bits per heavy atom. The lowest BCUT2D eigenvalue weighted by molar-refractivity contribution is 0.626. The predicted molar refractivity (Wildman–Crippen MR) is 81.9 cm³/mol. The van der Waals surface area contributed by atoms with Gasteiger partial charge in [0.05, 0.1) is 6.04 Å². The summed E-state index contributed by atoms with van der Waals surface area (Å²) in [6.07, 6.45) is 0.966. The molecule has 0 saturated heterocycles. The van der Waals surface area contributed by atoms with Crippen LogP contribution in [0.25, 0.3) is 0 Å². The lowest BCUT2D eigenvalue weighted by atomic mass is 10.0. The molecule has 1 N–H and O–H groups in total. The monoisotopic (exact) mass is 321 g/mol. The normalized spacial score (nSPS) is 12.2. The molecule has 1 unspecified atom stereocenters. The first-order valence-electron chi connectivity index (χ1n) is 6.38. The van der Waals surface area contributed by atoms with Gasteiger partial charge < -0.3 is 5.32 Å². The summed E-state index contributed by atoms with van der Waals surface area (Å²) in [6, 6.07) is 13.3. The third kappa shape index (κ3) is 3.57. The van der Waals surface area contributed by atoms with Crippen molar-refractivity contribution in [2.45, 2.75) is 26.3 Å². The van der Waals surface area contributed by atoms with Crippen LogP contribution in [0.5, 0.6) is 0 Å². The molecule has 1 atom stereocenters. The van der Waals surface area contributed by atoms with Gasteiger partial charge in [-0.3, -0.25) is 0 Å². The van der Waals surface area contributed by atoms with Gasteiger partial charge in [0.1, 0.15) is 5.82 Å². The molecule has 2 rings (SSSR count). The Kier molecular flexibility index (Phi) is 4.59. The zero-order valence-electron chi connectivity index (χ0n) is 11.1. The van der Waals surface area contributed by atoms with Crippen LogP contribution < -0.4 is 5.32 Å². The van der Waals surface area contributed by atoms with Crippen molar-refractivity contribution in [2.24, 2.45) is 0 Å². The molecule has 0 aliphatic carbocycles. The Morgan fingerprint density at radius 2 is 2.00 bits per heavy atom. The molecule has 0 saturated carbocycles. The maximum atomic E-state index is 13.1. The average molecular weight is 322 g/mol. The van der Waals surface area contributed by atoms with Gasteiger partial charge in [-0.25, -0.2) is 4.39 Å². The molecule has 0 aliphatic heterocycles. The maximum Gasteiger partial charge on any atom is 0.123 e. The zero-order chi connectivity index (χ0) is 13.8. The van der Waals surface area contributed by atoms with Crippen molar-refractivity contribution in [3.8, 4) is 0 Å². The van der Waals surface area contributed by atoms with E-state index in [0.29, 0.717) is 0 Å². The predicted octanol–water partition coefficient (Wildman–Crippen LogP) is 5.46. The van der Waals surface area contributed by atoms with E-state index in [-0.39, 0.29) is 11.9 Å². The van der Waals surface area contributed by atoms with Crippen LogP contribution in [0.3, 0.4) is 0 Å². The molecule has 1 nitrogen and oxygen atoms in total. The molecule has 19 heavy (non-hydrogen) atoms. The summed E-state index contributed by atoms with van der Waals surface area (Å²) in [6.45, 7) is 4.05. The third-order valence-corrected chi connectivity index (χ3v) is 3.67. The van der Waals surface area contributed by atoms with Gasteiger partial charge in [-0.15, -0.1) is 0 Å². The highest BCUT2D eigenvalue weighted by Gasteiger charge is 2.10. The lowest BCUT2D eigenvalue weighted by Crippen LogP contribution is -2.10. The quantitative estimate of drug-likeness (QED) is 0.788. The molecule has 0 amide bonds. The van der Waals surface area contributed by atoms with Crippen LogP contribution in [0.1, 0.15) is 30.5 Å². The summed E-state index contributed by atoms with van der Waals surface area (Å²) in [7, 11) is 0. The van der Waals surface area contributed by atoms with E-state index in [0.717, 1.165) is 22.1 Å². The molecule has 0 fully saturated rings. The molecule has 2 aromatic rings. The molecule has 0 bridgehead atoms. The number of hydrogen-bond donors (Lipinski definition) is 1. The number of rotatable bonds is 4. The van der Waals surface area contributed by atoms with Gasteiger partial charge in [-0.05, 0) is 54.8 Å². The summed E-state index contributed by atoms with van der Waals surface area (Å²) in [4.78, 5) is 0. The molecular formula is C16H17BrFN. The number of anilines is 1. The Morgan fingerprint density at radius 1 is 1.21 bits per heavy atom. The van der Waals surface area contributed by atoms with E-state index >= 15 is 0 Å². The van der Waals surface area contributed by atoms with Crippen LogP contribution in [0.4, 0.5) is 10.1 Å². The fourth-order valence-electron chi connectivity index (χ4n) is 2.12. The van der Waals surface area contributed by atoms with Gasteiger partial charge in [-0.1, -0.05) is 35.0 Å². The van der Waals surface area contributed by atoms with Crippen LogP contribution in [-0.4, -0.2) is 0 Å². The first-order chi connectivity index (χ1) is 9.10. The van der Waals surface area contributed by atoms with Crippen molar-refractivity contribution >= 4 is 21.6 Å². The Bertz CT molecular complexity index is 568.